The van der Waals surface area contributed by atoms with E-state index in [4.69, 9.17) is 4.74 Å². The second kappa shape index (κ2) is 5.38. The first-order valence-electron chi connectivity index (χ1n) is 5.71. The van der Waals surface area contributed by atoms with Crippen molar-refractivity contribution in [1.29, 1.82) is 0 Å². The topological polar surface area (TPSA) is 73.2 Å². The second-order valence-electron chi connectivity index (χ2n) is 5.16. The maximum atomic E-state index is 12.2. The van der Waals surface area contributed by atoms with Crippen LogP contribution in [0.4, 0.5) is 0 Å². The van der Waals surface area contributed by atoms with Gasteiger partial charge in [-0.2, -0.15) is 5.10 Å². The van der Waals surface area contributed by atoms with Gasteiger partial charge in [0.1, 0.15) is 4.90 Å². The van der Waals surface area contributed by atoms with Gasteiger partial charge < -0.3 is 4.74 Å². The molecule has 0 unspecified atom stereocenters. The third-order valence-corrected chi connectivity index (χ3v) is 3.86. The first-order valence-corrected chi connectivity index (χ1v) is 7.19. The normalized spacial score (nSPS) is 12.9. The van der Waals surface area contributed by atoms with E-state index in [-0.39, 0.29) is 16.9 Å². The third-order valence-electron chi connectivity index (χ3n) is 2.39. The number of ether oxygens (including phenoxy) is 1. The summed E-state index contributed by atoms with van der Waals surface area (Å²) in [5.74, 6) is 0. The van der Waals surface area contributed by atoms with Gasteiger partial charge in [-0.15, -0.1) is 0 Å². The average molecular weight is 275 g/mol. The van der Waals surface area contributed by atoms with Crippen molar-refractivity contribution in [3.8, 4) is 0 Å². The van der Waals surface area contributed by atoms with Crippen LogP contribution in [0, 0.1) is 0 Å². The van der Waals surface area contributed by atoms with Crippen molar-refractivity contribution in [3.63, 3.8) is 0 Å². The van der Waals surface area contributed by atoms with Crippen LogP contribution in [0.5, 0.6) is 0 Å². The molecule has 0 bridgehead atoms. The Hall–Kier alpha value is -0.920. The molecule has 0 radical (unpaired) electrons. The summed E-state index contributed by atoms with van der Waals surface area (Å²) in [5.41, 5.74) is 0.238. The highest BCUT2D eigenvalue weighted by atomic mass is 32.2. The molecule has 0 aliphatic heterocycles. The van der Waals surface area contributed by atoms with Crippen LogP contribution in [0.25, 0.3) is 0 Å². The van der Waals surface area contributed by atoms with Crippen LogP contribution in [0.2, 0.25) is 0 Å². The van der Waals surface area contributed by atoms with Crippen molar-refractivity contribution in [1.82, 2.24) is 14.5 Å². The fourth-order valence-corrected chi connectivity index (χ4v) is 2.94. The van der Waals surface area contributed by atoms with E-state index in [9.17, 15) is 8.42 Å². The van der Waals surface area contributed by atoms with Gasteiger partial charge >= 0.3 is 0 Å². The van der Waals surface area contributed by atoms with E-state index < -0.39 is 10.0 Å². The van der Waals surface area contributed by atoms with E-state index in [0.717, 1.165) is 0 Å². The van der Waals surface area contributed by atoms with Gasteiger partial charge in [0.25, 0.3) is 0 Å². The van der Waals surface area contributed by atoms with Crippen LogP contribution in [0.1, 0.15) is 26.5 Å². The molecular weight excluding hydrogens is 254 g/mol. The van der Waals surface area contributed by atoms with Gasteiger partial charge in [-0.3, -0.25) is 4.68 Å². The number of aryl methyl sites for hydroxylation is 1. The number of hydrogen-bond donors (Lipinski definition) is 1. The summed E-state index contributed by atoms with van der Waals surface area (Å²) in [6.45, 7) is 6.39. The molecule has 104 valence electrons. The molecule has 1 aromatic heterocycles. The lowest BCUT2D eigenvalue weighted by atomic mass is 9.92. The summed E-state index contributed by atoms with van der Waals surface area (Å²) in [6.07, 6.45) is 1.52. The average Bonchev–Trinajstić information content (AvgIpc) is 2.61. The van der Waals surface area contributed by atoms with E-state index in [1.807, 2.05) is 20.8 Å². The van der Waals surface area contributed by atoms with E-state index >= 15 is 0 Å². The minimum Gasteiger partial charge on any atom is -0.383 e. The maximum Gasteiger partial charge on any atom is 0.244 e. The Bertz CT molecular complexity index is 500. The lowest BCUT2D eigenvalue weighted by molar-refractivity contribution is 0.204. The van der Waals surface area contributed by atoms with Crippen LogP contribution < -0.4 is 4.72 Å². The van der Waals surface area contributed by atoms with Crippen LogP contribution in [-0.4, -0.2) is 38.5 Å². The molecule has 7 heteroatoms. The summed E-state index contributed by atoms with van der Waals surface area (Å²) in [5, 5.41) is 4.24. The van der Waals surface area contributed by atoms with Crippen molar-refractivity contribution in [2.45, 2.75) is 31.1 Å². The molecule has 0 aliphatic rings. The lowest BCUT2D eigenvalue weighted by Crippen LogP contribution is -2.29. The van der Waals surface area contributed by atoms with Crippen molar-refractivity contribution >= 4 is 10.0 Å². The van der Waals surface area contributed by atoms with Gasteiger partial charge in [-0.1, -0.05) is 20.8 Å². The van der Waals surface area contributed by atoms with Gasteiger partial charge in [0, 0.05) is 32.3 Å². The molecule has 1 rings (SSSR count). The summed E-state index contributed by atoms with van der Waals surface area (Å²) >= 11 is 0. The number of hydrogen-bond acceptors (Lipinski definition) is 4. The van der Waals surface area contributed by atoms with Gasteiger partial charge in [0.05, 0.1) is 12.3 Å². The fraction of sp³-hybridized carbons (Fsp3) is 0.727. The molecule has 6 nitrogen and oxygen atoms in total. The first-order chi connectivity index (χ1) is 8.18. The van der Waals surface area contributed by atoms with Crippen molar-refractivity contribution < 1.29 is 13.2 Å². The Morgan fingerprint density at radius 1 is 1.44 bits per heavy atom. The molecule has 0 saturated heterocycles. The third kappa shape index (κ3) is 3.54. The number of methoxy groups -OCH3 is 1. The standard InChI is InChI=1S/C11H21N3O3S/c1-11(2,3)10-9(8-14(4)13-10)18(15,16)12-6-7-17-5/h8,12H,6-7H2,1-5H3. The predicted molar refractivity (Wildman–Crippen MR) is 69.0 cm³/mol. The zero-order valence-electron chi connectivity index (χ0n) is 11.5. The highest BCUT2D eigenvalue weighted by Gasteiger charge is 2.29. The molecule has 0 atom stereocenters. The molecular formula is C11H21N3O3S. The molecule has 0 aromatic carbocycles. The minimum absolute atomic E-state index is 0.230. The quantitative estimate of drug-likeness (QED) is 0.800. The van der Waals surface area contributed by atoms with Crippen LogP contribution in [0.3, 0.4) is 0 Å². The summed E-state index contributed by atoms with van der Waals surface area (Å²) < 4.78 is 33.2. The Labute approximate surface area is 108 Å². The largest absolute Gasteiger partial charge is 0.383 e. The van der Waals surface area contributed by atoms with Crippen LogP contribution in [-0.2, 0) is 27.2 Å². The molecule has 0 fully saturated rings. The predicted octanol–water partition coefficient (Wildman–Crippen LogP) is 0.642. The van der Waals surface area contributed by atoms with Gasteiger partial charge in [-0.25, -0.2) is 13.1 Å². The monoisotopic (exact) mass is 275 g/mol. The summed E-state index contributed by atoms with van der Waals surface area (Å²) in [6, 6.07) is 0. The van der Waals surface area contributed by atoms with Gasteiger partial charge in [0.15, 0.2) is 0 Å². The van der Waals surface area contributed by atoms with E-state index in [1.54, 1.807) is 7.05 Å². The molecule has 1 N–H and O–H groups in total. The Kier molecular flexibility index (Phi) is 4.52. The summed E-state index contributed by atoms with van der Waals surface area (Å²) in [4.78, 5) is 0.230. The van der Waals surface area contributed by atoms with Crippen molar-refractivity contribution in [2.75, 3.05) is 20.3 Å². The SMILES string of the molecule is COCCNS(=O)(=O)c1cn(C)nc1C(C)(C)C. The van der Waals surface area contributed by atoms with E-state index in [2.05, 4.69) is 9.82 Å². The second-order valence-corrected chi connectivity index (χ2v) is 6.89. The molecule has 0 amide bonds. The number of nitrogens with zero attached hydrogens (tertiary/aromatic N) is 2. The Morgan fingerprint density at radius 2 is 2.06 bits per heavy atom. The minimum atomic E-state index is -3.54. The smallest absolute Gasteiger partial charge is 0.244 e. The van der Waals surface area contributed by atoms with E-state index in [0.29, 0.717) is 12.3 Å². The summed E-state index contributed by atoms with van der Waals surface area (Å²) in [7, 11) is -0.300. The molecule has 0 spiro atoms. The van der Waals surface area contributed by atoms with Gasteiger partial charge in [0.2, 0.25) is 10.0 Å². The van der Waals surface area contributed by atoms with E-state index in [1.165, 1.54) is 18.0 Å². The maximum absolute atomic E-state index is 12.2. The fourth-order valence-electron chi connectivity index (χ4n) is 1.54. The molecule has 0 saturated carbocycles. The highest BCUT2D eigenvalue weighted by molar-refractivity contribution is 7.89. The molecule has 1 aromatic rings. The molecule has 0 aliphatic carbocycles. The number of sulfonamides is 1. The number of nitrogens with one attached hydrogen (secondary N) is 1. The molecule has 1 heterocycles. The van der Waals surface area contributed by atoms with Crippen molar-refractivity contribution in [2.24, 2.45) is 7.05 Å². The number of rotatable bonds is 5. The van der Waals surface area contributed by atoms with Gasteiger partial charge in [-0.05, 0) is 0 Å². The molecule has 18 heavy (non-hydrogen) atoms. The Balaban J connectivity index is 3.09. The Morgan fingerprint density at radius 3 is 2.56 bits per heavy atom. The first kappa shape index (κ1) is 15.1. The zero-order valence-corrected chi connectivity index (χ0v) is 12.3. The number of aromatic nitrogens is 2. The zero-order chi connectivity index (χ0) is 14.0. The van der Waals surface area contributed by atoms with Crippen molar-refractivity contribution in [3.05, 3.63) is 11.9 Å². The van der Waals surface area contributed by atoms with Crippen LogP contribution >= 0.6 is 0 Å². The highest BCUT2D eigenvalue weighted by Crippen LogP contribution is 2.26. The lowest BCUT2D eigenvalue weighted by Gasteiger charge is -2.17. The van der Waals surface area contributed by atoms with Crippen LogP contribution in [0.15, 0.2) is 11.1 Å².